The highest BCUT2D eigenvalue weighted by molar-refractivity contribution is 5.83. The van der Waals surface area contributed by atoms with E-state index in [2.05, 4.69) is 12.1 Å². The molecule has 3 aromatic rings. The Hall–Kier alpha value is -2.68. The SMILES string of the molecule is CCOc1cc(Oc2ccc3ccccc3c2)ccc1N. The van der Waals surface area contributed by atoms with Gasteiger partial charge in [-0.05, 0) is 42.0 Å². The van der Waals surface area contributed by atoms with Crippen LogP contribution in [0.2, 0.25) is 0 Å². The standard InChI is InChI=1S/C18H17NO2/c1-2-20-18-12-16(9-10-17(18)19)21-15-8-7-13-5-3-4-6-14(13)11-15/h3-12H,2,19H2,1H3. The van der Waals surface area contributed by atoms with Gasteiger partial charge in [-0.25, -0.2) is 0 Å². The number of anilines is 1. The van der Waals surface area contributed by atoms with Gasteiger partial charge in [-0.1, -0.05) is 30.3 Å². The fourth-order valence-electron chi connectivity index (χ4n) is 2.23. The normalized spacial score (nSPS) is 10.5. The van der Waals surface area contributed by atoms with Crippen molar-refractivity contribution < 1.29 is 9.47 Å². The second kappa shape index (κ2) is 5.75. The van der Waals surface area contributed by atoms with Crippen molar-refractivity contribution in [3.8, 4) is 17.2 Å². The first-order valence-electron chi connectivity index (χ1n) is 6.95. The number of hydrogen-bond donors (Lipinski definition) is 1. The molecule has 0 spiro atoms. The molecule has 0 radical (unpaired) electrons. The lowest BCUT2D eigenvalue weighted by Gasteiger charge is -2.11. The average molecular weight is 279 g/mol. The fourth-order valence-corrected chi connectivity index (χ4v) is 2.23. The molecule has 0 aromatic heterocycles. The maximum Gasteiger partial charge on any atom is 0.145 e. The van der Waals surface area contributed by atoms with Gasteiger partial charge in [0.05, 0.1) is 12.3 Å². The Bertz CT molecular complexity index is 768. The van der Waals surface area contributed by atoms with Crippen LogP contribution in [0.25, 0.3) is 10.8 Å². The first kappa shape index (κ1) is 13.3. The van der Waals surface area contributed by atoms with Gasteiger partial charge in [-0.2, -0.15) is 0 Å². The van der Waals surface area contributed by atoms with Gasteiger partial charge in [0.25, 0.3) is 0 Å². The highest BCUT2D eigenvalue weighted by Crippen LogP contribution is 2.31. The third-order valence-electron chi connectivity index (χ3n) is 3.24. The van der Waals surface area contributed by atoms with Crippen LogP contribution >= 0.6 is 0 Å². The van der Waals surface area contributed by atoms with Gasteiger partial charge < -0.3 is 15.2 Å². The highest BCUT2D eigenvalue weighted by Gasteiger charge is 2.04. The van der Waals surface area contributed by atoms with Gasteiger partial charge in [-0.15, -0.1) is 0 Å². The molecule has 0 atom stereocenters. The molecule has 3 aromatic carbocycles. The Morgan fingerprint density at radius 2 is 1.57 bits per heavy atom. The Labute approximate surface area is 123 Å². The van der Waals surface area contributed by atoms with E-state index in [9.17, 15) is 0 Å². The van der Waals surface area contributed by atoms with E-state index in [0.29, 0.717) is 23.8 Å². The fraction of sp³-hybridized carbons (Fsp3) is 0.111. The second-order valence-corrected chi connectivity index (χ2v) is 4.74. The van der Waals surface area contributed by atoms with E-state index in [-0.39, 0.29) is 0 Å². The third-order valence-corrected chi connectivity index (χ3v) is 3.24. The Balaban J connectivity index is 1.89. The minimum Gasteiger partial charge on any atom is -0.492 e. The minimum atomic E-state index is 0.573. The van der Waals surface area contributed by atoms with E-state index in [1.165, 1.54) is 5.39 Å². The predicted octanol–water partition coefficient (Wildman–Crippen LogP) is 4.61. The molecule has 3 heteroatoms. The number of hydrogen-bond acceptors (Lipinski definition) is 3. The monoisotopic (exact) mass is 279 g/mol. The molecule has 0 saturated carbocycles. The molecule has 3 nitrogen and oxygen atoms in total. The zero-order valence-electron chi connectivity index (χ0n) is 11.9. The van der Waals surface area contributed by atoms with E-state index < -0.39 is 0 Å². The van der Waals surface area contributed by atoms with Gasteiger partial charge in [0.15, 0.2) is 0 Å². The van der Waals surface area contributed by atoms with Crippen LogP contribution in [-0.2, 0) is 0 Å². The van der Waals surface area contributed by atoms with Crippen molar-refractivity contribution in [1.82, 2.24) is 0 Å². The summed E-state index contributed by atoms with van der Waals surface area (Å²) in [5.74, 6) is 2.15. The van der Waals surface area contributed by atoms with Crippen molar-refractivity contribution in [3.63, 3.8) is 0 Å². The first-order chi connectivity index (χ1) is 10.3. The van der Waals surface area contributed by atoms with Crippen LogP contribution in [0, 0.1) is 0 Å². The van der Waals surface area contributed by atoms with Crippen LogP contribution in [0.4, 0.5) is 5.69 Å². The summed E-state index contributed by atoms with van der Waals surface area (Å²) in [6.45, 7) is 2.50. The summed E-state index contributed by atoms with van der Waals surface area (Å²) in [6.07, 6.45) is 0. The molecule has 0 aliphatic rings. The summed E-state index contributed by atoms with van der Waals surface area (Å²) in [5, 5.41) is 2.34. The van der Waals surface area contributed by atoms with Gasteiger partial charge in [0.2, 0.25) is 0 Å². The molecule has 0 fully saturated rings. The lowest BCUT2D eigenvalue weighted by atomic mass is 10.1. The molecule has 0 amide bonds. The molecule has 0 saturated heterocycles. The Kier molecular flexibility index (Phi) is 3.65. The lowest BCUT2D eigenvalue weighted by Crippen LogP contribution is -1.97. The smallest absolute Gasteiger partial charge is 0.145 e. The summed E-state index contributed by atoms with van der Waals surface area (Å²) in [7, 11) is 0. The van der Waals surface area contributed by atoms with Crippen LogP contribution in [0.5, 0.6) is 17.2 Å². The lowest BCUT2D eigenvalue weighted by molar-refractivity contribution is 0.340. The van der Waals surface area contributed by atoms with Crippen molar-refractivity contribution in [3.05, 3.63) is 60.7 Å². The van der Waals surface area contributed by atoms with Crippen LogP contribution in [0.1, 0.15) is 6.92 Å². The van der Waals surface area contributed by atoms with E-state index in [4.69, 9.17) is 15.2 Å². The van der Waals surface area contributed by atoms with Crippen molar-refractivity contribution >= 4 is 16.5 Å². The Morgan fingerprint density at radius 3 is 2.38 bits per heavy atom. The molecule has 0 unspecified atom stereocenters. The van der Waals surface area contributed by atoms with E-state index in [0.717, 1.165) is 11.1 Å². The van der Waals surface area contributed by atoms with Crippen molar-refractivity contribution in [2.75, 3.05) is 12.3 Å². The molecule has 3 rings (SSSR count). The van der Waals surface area contributed by atoms with Crippen LogP contribution < -0.4 is 15.2 Å². The van der Waals surface area contributed by atoms with Crippen LogP contribution in [0.3, 0.4) is 0 Å². The topological polar surface area (TPSA) is 44.5 Å². The highest BCUT2D eigenvalue weighted by atomic mass is 16.5. The predicted molar refractivity (Wildman–Crippen MR) is 86.0 cm³/mol. The van der Waals surface area contributed by atoms with Gasteiger partial charge in [0, 0.05) is 6.07 Å². The first-order valence-corrected chi connectivity index (χ1v) is 6.95. The summed E-state index contributed by atoms with van der Waals surface area (Å²) in [5.41, 5.74) is 6.48. The van der Waals surface area contributed by atoms with Gasteiger partial charge >= 0.3 is 0 Å². The molecule has 106 valence electrons. The Morgan fingerprint density at radius 1 is 0.857 bits per heavy atom. The molecular formula is C18H17NO2. The van der Waals surface area contributed by atoms with Gasteiger partial charge in [0.1, 0.15) is 17.2 Å². The van der Waals surface area contributed by atoms with Crippen molar-refractivity contribution in [2.45, 2.75) is 6.92 Å². The minimum absolute atomic E-state index is 0.573. The number of fused-ring (bicyclic) bond motifs is 1. The number of ether oxygens (including phenoxy) is 2. The third kappa shape index (κ3) is 2.92. The van der Waals surface area contributed by atoms with Crippen LogP contribution in [0.15, 0.2) is 60.7 Å². The summed E-state index contributed by atoms with van der Waals surface area (Å²) in [4.78, 5) is 0. The number of nitrogens with two attached hydrogens (primary N) is 1. The quantitative estimate of drug-likeness (QED) is 0.709. The second-order valence-electron chi connectivity index (χ2n) is 4.74. The molecule has 2 N–H and O–H groups in total. The molecule has 0 aliphatic carbocycles. The molecule has 0 aliphatic heterocycles. The molecule has 21 heavy (non-hydrogen) atoms. The zero-order chi connectivity index (χ0) is 14.7. The molecule has 0 bridgehead atoms. The van der Waals surface area contributed by atoms with Crippen molar-refractivity contribution in [2.24, 2.45) is 0 Å². The zero-order valence-corrected chi connectivity index (χ0v) is 11.9. The maximum atomic E-state index is 5.89. The maximum absolute atomic E-state index is 5.89. The van der Waals surface area contributed by atoms with Crippen LogP contribution in [-0.4, -0.2) is 6.61 Å². The average Bonchev–Trinajstić information content (AvgIpc) is 2.51. The number of rotatable bonds is 4. The number of nitrogen functional groups attached to an aromatic ring is 1. The van der Waals surface area contributed by atoms with E-state index in [1.54, 1.807) is 6.07 Å². The summed E-state index contributed by atoms with van der Waals surface area (Å²) in [6, 6.07) is 19.7. The van der Waals surface area contributed by atoms with Gasteiger partial charge in [-0.3, -0.25) is 0 Å². The van der Waals surface area contributed by atoms with E-state index in [1.807, 2.05) is 49.4 Å². The summed E-state index contributed by atoms with van der Waals surface area (Å²) >= 11 is 0. The largest absolute Gasteiger partial charge is 0.492 e. The van der Waals surface area contributed by atoms with Crippen molar-refractivity contribution in [1.29, 1.82) is 0 Å². The number of benzene rings is 3. The summed E-state index contributed by atoms with van der Waals surface area (Å²) < 4.78 is 11.4. The molecular weight excluding hydrogens is 262 g/mol. The molecule has 0 heterocycles. The van der Waals surface area contributed by atoms with E-state index >= 15 is 0 Å².